The fourth-order valence-corrected chi connectivity index (χ4v) is 3.36. The zero-order chi connectivity index (χ0) is 19.2. The van der Waals surface area contributed by atoms with Gasteiger partial charge in [0.2, 0.25) is 0 Å². The molecule has 1 unspecified atom stereocenters. The van der Waals surface area contributed by atoms with Crippen molar-refractivity contribution in [2.45, 2.75) is 18.8 Å². The highest BCUT2D eigenvalue weighted by Crippen LogP contribution is 2.28. The van der Waals surface area contributed by atoms with E-state index in [1.165, 1.54) is 12.1 Å². The summed E-state index contributed by atoms with van der Waals surface area (Å²) < 4.78 is 5.69. The molecule has 27 heavy (non-hydrogen) atoms. The van der Waals surface area contributed by atoms with Crippen LogP contribution in [0.1, 0.15) is 24.3 Å². The molecule has 0 radical (unpaired) electrons. The van der Waals surface area contributed by atoms with Crippen LogP contribution in [-0.2, 0) is 0 Å². The SMILES string of the molecule is O=[N+]([O-])c1ccc(OCCN2CCCC(c3ccc([N+](=O)[O-])cc3)C2)cc1. The molecule has 8 nitrogen and oxygen atoms in total. The maximum atomic E-state index is 10.8. The number of ether oxygens (including phenoxy) is 1. The zero-order valence-electron chi connectivity index (χ0n) is 14.8. The Labute approximate surface area is 156 Å². The van der Waals surface area contributed by atoms with Gasteiger partial charge in [-0.3, -0.25) is 25.1 Å². The van der Waals surface area contributed by atoms with E-state index < -0.39 is 4.92 Å². The molecule has 3 rings (SSSR count). The first kappa shape index (κ1) is 18.8. The smallest absolute Gasteiger partial charge is 0.269 e. The number of nitro benzene ring substituents is 2. The largest absolute Gasteiger partial charge is 0.492 e. The fourth-order valence-electron chi connectivity index (χ4n) is 3.36. The van der Waals surface area contributed by atoms with Crippen LogP contribution in [0.2, 0.25) is 0 Å². The minimum Gasteiger partial charge on any atom is -0.492 e. The van der Waals surface area contributed by atoms with Gasteiger partial charge >= 0.3 is 0 Å². The molecule has 2 aromatic carbocycles. The third kappa shape index (κ3) is 5.01. The van der Waals surface area contributed by atoms with Crippen LogP contribution in [0.15, 0.2) is 48.5 Å². The van der Waals surface area contributed by atoms with Gasteiger partial charge in [0.15, 0.2) is 0 Å². The van der Waals surface area contributed by atoms with Gasteiger partial charge in [0, 0.05) is 37.4 Å². The lowest BCUT2D eigenvalue weighted by molar-refractivity contribution is -0.385. The summed E-state index contributed by atoms with van der Waals surface area (Å²) in [6.07, 6.45) is 2.14. The predicted molar refractivity (Wildman–Crippen MR) is 100 cm³/mol. The molecule has 2 aromatic rings. The molecular formula is C19H21N3O5. The second-order valence-electron chi connectivity index (χ2n) is 6.59. The number of piperidine rings is 1. The van der Waals surface area contributed by atoms with Gasteiger partial charge in [0.1, 0.15) is 12.4 Å². The summed E-state index contributed by atoms with van der Waals surface area (Å²) in [5, 5.41) is 21.4. The second kappa shape index (κ2) is 8.59. The highest BCUT2D eigenvalue weighted by molar-refractivity contribution is 5.36. The second-order valence-corrected chi connectivity index (χ2v) is 6.59. The third-order valence-electron chi connectivity index (χ3n) is 4.80. The lowest BCUT2D eigenvalue weighted by atomic mass is 9.90. The Balaban J connectivity index is 1.49. The molecule has 1 fully saturated rings. The molecule has 0 aromatic heterocycles. The van der Waals surface area contributed by atoms with Crippen LogP contribution >= 0.6 is 0 Å². The first-order valence-corrected chi connectivity index (χ1v) is 8.87. The van der Waals surface area contributed by atoms with E-state index in [2.05, 4.69) is 4.90 Å². The van der Waals surface area contributed by atoms with Gasteiger partial charge in [0.05, 0.1) is 9.85 Å². The molecule has 0 aliphatic carbocycles. The number of non-ortho nitro benzene ring substituents is 2. The zero-order valence-corrected chi connectivity index (χ0v) is 14.8. The molecule has 1 heterocycles. The number of hydrogen-bond donors (Lipinski definition) is 0. The Bertz CT molecular complexity index is 792. The van der Waals surface area contributed by atoms with Crippen molar-refractivity contribution >= 4 is 11.4 Å². The molecule has 1 saturated heterocycles. The monoisotopic (exact) mass is 371 g/mol. The standard InChI is InChI=1S/C19H21N3O5/c23-21(24)17-5-3-15(4-6-17)16-2-1-11-20(14-16)12-13-27-19-9-7-18(8-10-19)22(25)26/h3-10,16H,1-2,11-14H2. The van der Waals surface area contributed by atoms with Crippen LogP contribution in [0.5, 0.6) is 5.75 Å². The molecule has 0 saturated carbocycles. The number of likely N-dealkylation sites (tertiary alicyclic amines) is 1. The van der Waals surface area contributed by atoms with Gasteiger partial charge in [-0.25, -0.2) is 0 Å². The quantitative estimate of drug-likeness (QED) is 0.543. The van der Waals surface area contributed by atoms with E-state index in [4.69, 9.17) is 4.74 Å². The molecular weight excluding hydrogens is 350 g/mol. The Morgan fingerprint density at radius 2 is 1.56 bits per heavy atom. The van der Waals surface area contributed by atoms with Crippen LogP contribution in [0, 0.1) is 20.2 Å². The van der Waals surface area contributed by atoms with E-state index >= 15 is 0 Å². The van der Waals surface area contributed by atoms with Gasteiger partial charge < -0.3 is 4.74 Å². The van der Waals surface area contributed by atoms with Crippen LogP contribution in [0.25, 0.3) is 0 Å². The maximum Gasteiger partial charge on any atom is 0.269 e. The molecule has 1 atom stereocenters. The minimum atomic E-state index is -0.435. The van der Waals surface area contributed by atoms with E-state index in [0.717, 1.165) is 38.0 Å². The van der Waals surface area contributed by atoms with Crippen LogP contribution in [0.3, 0.4) is 0 Å². The minimum absolute atomic E-state index is 0.0457. The summed E-state index contributed by atoms with van der Waals surface area (Å²) >= 11 is 0. The van der Waals surface area contributed by atoms with Crippen LogP contribution in [0.4, 0.5) is 11.4 Å². The third-order valence-corrected chi connectivity index (χ3v) is 4.80. The highest BCUT2D eigenvalue weighted by atomic mass is 16.6. The summed E-state index contributed by atoms with van der Waals surface area (Å²) in [7, 11) is 0. The Morgan fingerprint density at radius 1 is 0.963 bits per heavy atom. The van der Waals surface area contributed by atoms with Crippen LogP contribution in [-0.4, -0.2) is 41.0 Å². The number of hydrogen-bond acceptors (Lipinski definition) is 6. The van der Waals surface area contributed by atoms with Crippen molar-refractivity contribution in [2.24, 2.45) is 0 Å². The molecule has 1 aliphatic heterocycles. The molecule has 0 bridgehead atoms. The van der Waals surface area contributed by atoms with Crippen molar-refractivity contribution in [1.82, 2.24) is 4.90 Å². The lowest BCUT2D eigenvalue weighted by Crippen LogP contribution is -2.37. The van der Waals surface area contributed by atoms with E-state index in [1.54, 1.807) is 24.3 Å². The van der Waals surface area contributed by atoms with E-state index in [0.29, 0.717) is 18.3 Å². The molecule has 0 N–H and O–H groups in total. The van der Waals surface area contributed by atoms with E-state index in [1.807, 2.05) is 12.1 Å². The molecule has 1 aliphatic rings. The van der Waals surface area contributed by atoms with Crippen molar-refractivity contribution in [3.63, 3.8) is 0 Å². The molecule has 142 valence electrons. The lowest BCUT2D eigenvalue weighted by Gasteiger charge is -2.32. The van der Waals surface area contributed by atoms with Gasteiger partial charge in [0.25, 0.3) is 11.4 Å². The number of nitro groups is 2. The fraction of sp³-hybridized carbons (Fsp3) is 0.368. The van der Waals surface area contributed by atoms with Gasteiger partial charge in [-0.15, -0.1) is 0 Å². The summed E-state index contributed by atoms with van der Waals surface area (Å²) in [5.74, 6) is 0.975. The summed E-state index contributed by atoms with van der Waals surface area (Å²) in [6.45, 7) is 3.15. The van der Waals surface area contributed by atoms with Crippen molar-refractivity contribution in [2.75, 3.05) is 26.2 Å². The van der Waals surface area contributed by atoms with Gasteiger partial charge in [-0.2, -0.15) is 0 Å². The summed E-state index contributed by atoms with van der Waals surface area (Å²) in [4.78, 5) is 22.9. The van der Waals surface area contributed by atoms with Crippen LogP contribution < -0.4 is 4.74 Å². The predicted octanol–water partition coefficient (Wildman–Crippen LogP) is 3.76. The van der Waals surface area contributed by atoms with Crippen molar-refractivity contribution in [1.29, 1.82) is 0 Å². The normalized spacial score (nSPS) is 17.4. The Morgan fingerprint density at radius 3 is 2.15 bits per heavy atom. The first-order valence-electron chi connectivity index (χ1n) is 8.87. The number of rotatable bonds is 7. The summed E-state index contributed by atoms with van der Waals surface area (Å²) in [6, 6.07) is 12.9. The number of benzene rings is 2. The average Bonchev–Trinajstić information content (AvgIpc) is 2.69. The topological polar surface area (TPSA) is 98.8 Å². The Hall–Kier alpha value is -3.00. The Kier molecular flexibility index (Phi) is 5.97. The number of nitrogens with zero attached hydrogens (tertiary/aromatic N) is 3. The molecule has 0 amide bonds. The van der Waals surface area contributed by atoms with Crippen molar-refractivity contribution in [3.8, 4) is 5.75 Å². The summed E-state index contributed by atoms with van der Waals surface area (Å²) in [5.41, 5.74) is 1.29. The average molecular weight is 371 g/mol. The van der Waals surface area contributed by atoms with E-state index in [-0.39, 0.29) is 16.3 Å². The molecule has 8 heteroatoms. The van der Waals surface area contributed by atoms with Gasteiger partial charge in [-0.05, 0) is 43.0 Å². The van der Waals surface area contributed by atoms with Crippen molar-refractivity contribution < 1.29 is 14.6 Å². The maximum absolute atomic E-state index is 10.8. The van der Waals surface area contributed by atoms with Crippen molar-refractivity contribution in [3.05, 3.63) is 74.3 Å². The van der Waals surface area contributed by atoms with E-state index in [9.17, 15) is 20.2 Å². The van der Waals surface area contributed by atoms with Gasteiger partial charge in [-0.1, -0.05) is 12.1 Å². The highest BCUT2D eigenvalue weighted by Gasteiger charge is 2.21. The molecule has 0 spiro atoms. The first-order chi connectivity index (χ1) is 13.0.